The molecule has 1 rings (SSSR count). The second kappa shape index (κ2) is 6.74. The number of hydrogen-bond acceptors (Lipinski definition) is 2. The number of carboxylic acids is 1. The van der Waals surface area contributed by atoms with Gasteiger partial charge < -0.3 is 5.11 Å². The van der Waals surface area contributed by atoms with Crippen LogP contribution in [-0.4, -0.2) is 17.4 Å². The molecule has 3 nitrogen and oxygen atoms in total. The molecule has 96 valence electrons. The van der Waals surface area contributed by atoms with E-state index in [0.717, 1.165) is 28.6 Å². The number of allylic oxidation sites excluding steroid dienone is 2. The number of rotatable bonds is 6. The van der Waals surface area contributed by atoms with Gasteiger partial charge in [-0.3, -0.25) is 9.59 Å². The van der Waals surface area contributed by atoms with Crippen LogP contribution in [-0.2, 0) is 22.4 Å². The van der Waals surface area contributed by atoms with Gasteiger partial charge in [-0.15, -0.1) is 0 Å². The fraction of sp³-hybridized carbons (Fsp3) is 0.333. The molecule has 0 saturated carbocycles. The molecule has 0 aliphatic carbocycles. The molecule has 0 saturated heterocycles. The lowest BCUT2D eigenvalue weighted by atomic mass is 9.96. The van der Waals surface area contributed by atoms with Gasteiger partial charge in [0.1, 0.15) is 6.29 Å². The van der Waals surface area contributed by atoms with Crippen LogP contribution in [0.5, 0.6) is 0 Å². The van der Waals surface area contributed by atoms with Gasteiger partial charge in [0, 0.05) is 6.42 Å². The third-order valence-electron chi connectivity index (χ3n) is 3.03. The smallest absolute Gasteiger partial charge is 0.303 e. The molecule has 0 spiro atoms. The Morgan fingerprint density at radius 1 is 1.22 bits per heavy atom. The Labute approximate surface area is 107 Å². The van der Waals surface area contributed by atoms with Crippen LogP contribution in [0.25, 0.3) is 0 Å². The quantitative estimate of drug-likeness (QED) is 0.620. The summed E-state index contributed by atoms with van der Waals surface area (Å²) in [5.41, 5.74) is 3.89. The second-order valence-electron chi connectivity index (χ2n) is 4.42. The Morgan fingerprint density at radius 2 is 1.83 bits per heavy atom. The van der Waals surface area contributed by atoms with Crippen LogP contribution in [0.2, 0.25) is 0 Å². The SMILES string of the molecule is C/C(C=O)=C(\C)Cc1ccccc1CCC(=O)O. The highest BCUT2D eigenvalue weighted by atomic mass is 16.4. The highest BCUT2D eigenvalue weighted by Gasteiger charge is 2.06. The normalized spacial score (nSPS) is 11.9. The van der Waals surface area contributed by atoms with E-state index >= 15 is 0 Å². The van der Waals surface area contributed by atoms with Gasteiger partial charge in [0.2, 0.25) is 0 Å². The van der Waals surface area contributed by atoms with E-state index in [4.69, 9.17) is 5.11 Å². The van der Waals surface area contributed by atoms with Crippen molar-refractivity contribution in [3.8, 4) is 0 Å². The Bertz CT molecular complexity index is 472. The van der Waals surface area contributed by atoms with Crippen molar-refractivity contribution in [3.05, 3.63) is 46.5 Å². The Balaban J connectivity index is 2.88. The molecule has 1 aromatic rings. The van der Waals surface area contributed by atoms with Crippen LogP contribution in [0.4, 0.5) is 0 Å². The van der Waals surface area contributed by atoms with Crippen LogP contribution in [0, 0.1) is 0 Å². The topological polar surface area (TPSA) is 54.4 Å². The zero-order valence-corrected chi connectivity index (χ0v) is 10.8. The maximum Gasteiger partial charge on any atom is 0.303 e. The van der Waals surface area contributed by atoms with Crippen molar-refractivity contribution < 1.29 is 14.7 Å². The third-order valence-corrected chi connectivity index (χ3v) is 3.03. The summed E-state index contributed by atoms with van der Waals surface area (Å²) in [5, 5.41) is 8.72. The summed E-state index contributed by atoms with van der Waals surface area (Å²) in [7, 11) is 0. The van der Waals surface area contributed by atoms with Gasteiger partial charge in [-0.05, 0) is 43.4 Å². The molecule has 0 bridgehead atoms. The highest BCUT2D eigenvalue weighted by molar-refractivity contribution is 5.73. The minimum Gasteiger partial charge on any atom is -0.481 e. The number of carboxylic acid groups (broad SMARTS) is 1. The Morgan fingerprint density at radius 3 is 2.39 bits per heavy atom. The number of aliphatic carboxylic acids is 1. The number of aryl methyl sites for hydroxylation is 1. The van der Waals surface area contributed by atoms with Crippen LogP contribution in [0.15, 0.2) is 35.4 Å². The molecule has 0 heterocycles. The summed E-state index contributed by atoms with van der Waals surface area (Å²) in [6, 6.07) is 7.77. The van der Waals surface area contributed by atoms with Crippen LogP contribution < -0.4 is 0 Å². The maximum atomic E-state index is 10.7. The first-order valence-electron chi connectivity index (χ1n) is 5.94. The summed E-state index contributed by atoms with van der Waals surface area (Å²) in [6.45, 7) is 3.72. The van der Waals surface area contributed by atoms with Crippen molar-refractivity contribution in [2.75, 3.05) is 0 Å². The van der Waals surface area contributed by atoms with E-state index in [2.05, 4.69) is 0 Å². The van der Waals surface area contributed by atoms with Crippen molar-refractivity contribution >= 4 is 12.3 Å². The summed E-state index contributed by atoms with van der Waals surface area (Å²) < 4.78 is 0. The van der Waals surface area contributed by atoms with Crippen LogP contribution in [0.3, 0.4) is 0 Å². The summed E-state index contributed by atoms with van der Waals surface area (Å²) in [6.07, 6.45) is 2.21. The number of hydrogen-bond donors (Lipinski definition) is 1. The van der Waals surface area contributed by atoms with Crippen molar-refractivity contribution in [2.45, 2.75) is 33.1 Å². The zero-order valence-electron chi connectivity index (χ0n) is 10.8. The monoisotopic (exact) mass is 246 g/mol. The van der Waals surface area contributed by atoms with Crippen molar-refractivity contribution in [1.29, 1.82) is 0 Å². The molecule has 0 aliphatic heterocycles. The van der Waals surface area contributed by atoms with Gasteiger partial charge in [-0.25, -0.2) is 0 Å². The average molecular weight is 246 g/mol. The lowest BCUT2D eigenvalue weighted by molar-refractivity contribution is -0.136. The number of carbonyl (C=O) groups is 2. The molecule has 0 unspecified atom stereocenters. The molecule has 3 heteroatoms. The predicted octanol–water partition coefficient (Wildman–Crippen LogP) is 2.78. The Hall–Kier alpha value is -1.90. The molecular weight excluding hydrogens is 228 g/mol. The molecule has 0 fully saturated rings. The molecule has 0 amide bonds. The fourth-order valence-corrected chi connectivity index (χ4v) is 1.74. The number of aldehydes is 1. The maximum absolute atomic E-state index is 10.7. The lowest BCUT2D eigenvalue weighted by Gasteiger charge is -2.09. The summed E-state index contributed by atoms with van der Waals surface area (Å²) in [5.74, 6) is -0.791. The Kier molecular flexibility index (Phi) is 5.31. The van der Waals surface area contributed by atoms with Crippen molar-refractivity contribution in [2.24, 2.45) is 0 Å². The lowest BCUT2D eigenvalue weighted by Crippen LogP contribution is -2.01. The molecule has 1 aromatic carbocycles. The largest absolute Gasteiger partial charge is 0.481 e. The molecule has 18 heavy (non-hydrogen) atoms. The summed E-state index contributed by atoms with van der Waals surface area (Å²) in [4.78, 5) is 21.3. The zero-order chi connectivity index (χ0) is 13.5. The molecule has 0 radical (unpaired) electrons. The van der Waals surface area contributed by atoms with Gasteiger partial charge in [-0.2, -0.15) is 0 Å². The van der Waals surface area contributed by atoms with Gasteiger partial charge in [0.15, 0.2) is 0 Å². The average Bonchev–Trinajstić information content (AvgIpc) is 2.36. The molecule has 1 N–H and O–H groups in total. The van der Waals surface area contributed by atoms with E-state index in [0.29, 0.717) is 12.8 Å². The molecule has 0 aliphatic rings. The van der Waals surface area contributed by atoms with E-state index in [1.54, 1.807) is 6.92 Å². The minimum atomic E-state index is -0.791. The van der Waals surface area contributed by atoms with Crippen molar-refractivity contribution in [1.82, 2.24) is 0 Å². The van der Waals surface area contributed by atoms with Crippen LogP contribution in [0.1, 0.15) is 31.4 Å². The van der Waals surface area contributed by atoms with Gasteiger partial charge >= 0.3 is 5.97 Å². The van der Waals surface area contributed by atoms with Crippen molar-refractivity contribution in [3.63, 3.8) is 0 Å². The van der Waals surface area contributed by atoms with Crippen LogP contribution >= 0.6 is 0 Å². The highest BCUT2D eigenvalue weighted by Crippen LogP contribution is 2.17. The molecular formula is C15H18O3. The second-order valence-corrected chi connectivity index (χ2v) is 4.42. The van der Waals surface area contributed by atoms with Gasteiger partial charge in [0.25, 0.3) is 0 Å². The first-order chi connectivity index (χ1) is 8.54. The third kappa shape index (κ3) is 4.17. The van der Waals surface area contributed by atoms with E-state index in [1.165, 1.54) is 0 Å². The van der Waals surface area contributed by atoms with E-state index in [-0.39, 0.29) is 6.42 Å². The van der Waals surface area contributed by atoms with Gasteiger partial charge in [-0.1, -0.05) is 29.8 Å². The van der Waals surface area contributed by atoms with E-state index in [1.807, 2.05) is 31.2 Å². The van der Waals surface area contributed by atoms with Gasteiger partial charge in [0.05, 0.1) is 0 Å². The fourth-order valence-electron chi connectivity index (χ4n) is 1.74. The predicted molar refractivity (Wildman–Crippen MR) is 70.5 cm³/mol. The number of carbonyl (C=O) groups excluding carboxylic acids is 1. The molecule has 0 aromatic heterocycles. The van der Waals surface area contributed by atoms with E-state index in [9.17, 15) is 9.59 Å². The first-order valence-corrected chi connectivity index (χ1v) is 5.94. The first kappa shape index (κ1) is 14.2. The minimum absolute atomic E-state index is 0.131. The number of benzene rings is 1. The molecule has 0 atom stereocenters. The van der Waals surface area contributed by atoms with E-state index < -0.39 is 5.97 Å². The standard InChI is InChI=1S/C15H18O3/c1-11(12(2)10-16)9-14-6-4-3-5-13(14)7-8-15(17)18/h3-6,10H,7-9H2,1-2H3,(H,17,18)/b12-11-. The summed E-state index contributed by atoms with van der Waals surface area (Å²) >= 11 is 0.